The standard InChI is InChI=1S/C13H17NO4/c1-9(13(16)17)12(15)14-7-10-5-3-4-6-11(10)8-18-2/h3-6,9H,7-8H2,1-2H3,(H,14,15)(H,16,17). The van der Waals surface area contributed by atoms with Crippen molar-refractivity contribution in [2.75, 3.05) is 7.11 Å². The van der Waals surface area contributed by atoms with Crippen molar-refractivity contribution in [3.63, 3.8) is 0 Å². The van der Waals surface area contributed by atoms with Crippen molar-refractivity contribution < 1.29 is 19.4 Å². The van der Waals surface area contributed by atoms with Crippen molar-refractivity contribution in [2.45, 2.75) is 20.1 Å². The fourth-order valence-corrected chi connectivity index (χ4v) is 1.47. The quantitative estimate of drug-likeness (QED) is 0.744. The molecule has 18 heavy (non-hydrogen) atoms. The number of hydrogen-bond donors (Lipinski definition) is 2. The lowest BCUT2D eigenvalue weighted by atomic mass is 10.1. The van der Waals surface area contributed by atoms with Crippen LogP contribution in [0, 0.1) is 5.92 Å². The highest BCUT2D eigenvalue weighted by Crippen LogP contribution is 2.09. The highest BCUT2D eigenvalue weighted by molar-refractivity contribution is 5.96. The third kappa shape index (κ3) is 3.85. The Balaban J connectivity index is 2.63. The Hall–Kier alpha value is -1.88. The van der Waals surface area contributed by atoms with Gasteiger partial charge in [-0.25, -0.2) is 0 Å². The summed E-state index contributed by atoms with van der Waals surface area (Å²) in [6.07, 6.45) is 0. The molecule has 0 heterocycles. The maximum atomic E-state index is 11.5. The monoisotopic (exact) mass is 251 g/mol. The summed E-state index contributed by atoms with van der Waals surface area (Å²) in [5, 5.41) is 11.3. The van der Waals surface area contributed by atoms with Crippen LogP contribution < -0.4 is 5.32 Å². The molecule has 0 bridgehead atoms. The molecule has 0 saturated heterocycles. The van der Waals surface area contributed by atoms with Crippen LogP contribution in [0.1, 0.15) is 18.1 Å². The van der Waals surface area contributed by atoms with E-state index in [-0.39, 0.29) is 0 Å². The lowest BCUT2D eigenvalue weighted by Crippen LogP contribution is -2.33. The Morgan fingerprint density at radius 2 is 1.94 bits per heavy atom. The summed E-state index contributed by atoms with van der Waals surface area (Å²) in [4.78, 5) is 22.1. The smallest absolute Gasteiger partial charge is 0.315 e. The largest absolute Gasteiger partial charge is 0.481 e. The molecule has 0 radical (unpaired) electrons. The third-order valence-corrected chi connectivity index (χ3v) is 2.64. The first-order valence-corrected chi connectivity index (χ1v) is 5.62. The predicted molar refractivity (Wildman–Crippen MR) is 65.8 cm³/mol. The van der Waals surface area contributed by atoms with E-state index in [9.17, 15) is 9.59 Å². The summed E-state index contributed by atoms with van der Waals surface area (Å²) >= 11 is 0. The van der Waals surface area contributed by atoms with Gasteiger partial charge in [0.1, 0.15) is 5.92 Å². The van der Waals surface area contributed by atoms with Gasteiger partial charge in [-0.1, -0.05) is 24.3 Å². The second kappa shape index (κ2) is 6.76. The van der Waals surface area contributed by atoms with Crippen molar-refractivity contribution in [3.8, 4) is 0 Å². The number of carbonyl (C=O) groups excluding carboxylic acids is 1. The van der Waals surface area contributed by atoms with Gasteiger partial charge in [0.05, 0.1) is 6.61 Å². The van der Waals surface area contributed by atoms with Gasteiger partial charge < -0.3 is 15.2 Å². The van der Waals surface area contributed by atoms with Gasteiger partial charge in [0, 0.05) is 13.7 Å². The third-order valence-electron chi connectivity index (χ3n) is 2.64. The van der Waals surface area contributed by atoms with E-state index in [0.29, 0.717) is 13.2 Å². The number of carboxylic acid groups (broad SMARTS) is 1. The number of benzene rings is 1. The lowest BCUT2D eigenvalue weighted by Gasteiger charge is -2.11. The van der Waals surface area contributed by atoms with E-state index in [1.807, 2.05) is 24.3 Å². The van der Waals surface area contributed by atoms with Gasteiger partial charge in [-0.2, -0.15) is 0 Å². The molecule has 0 aliphatic heterocycles. The maximum Gasteiger partial charge on any atom is 0.315 e. The van der Waals surface area contributed by atoms with Gasteiger partial charge in [0.15, 0.2) is 0 Å². The van der Waals surface area contributed by atoms with Gasteiger partial charge in [0.25, 0.3) is 0 Å². The summed E-state index contributed by atoms with van der Waals surface area (Å²) < 4.78 is 5.05. The van der Waals surface area contributed by atoms with Crippen molar-refractivity contribution >= 4 is 11.9 Å². The van der Waals surface area contributed by atoms with Crippen LogP contribution >= 0.6 is 0 Å². The zero-order chi connectivity index (χ0) is 13.5. The van der Waals surface area contributed by atoms with E-state index < -0.39 is 17.8 Å². The molecular formula is C13H17NO4. The first-order valence-electron chi connectivity index (χ1n) is 5.62. The minimum atomic E-state index is -1.13. The second-order valence-corrected chi connectivity index (χ2v) is 3.98. The number of aliphatic carboxylic acids is 1. The molecule has 2 N–H and O–H groups in total. The Bertz CT molecular complexity index is 431. The normalized spacial score (nSPS) is 11.9. The highest BCUT2D eigenvalue weighted by atomic mass is 16.5. The molecule has 0 aliphatic carbocycles. The van der Waals surface area contributed by atoms with Gasteiger partial charge in [-0.15, -0.1) is 0 Å². The minimum absolute atomic E-state index is 0.302. The number of amides is 1. The highest BCUT2D eigenvalue weighted by Gasteiger charge is 2.19. The molecule has 5 heteroatoms. The first-order chi connectivity index (χ1) is 8.56. The van der Waals surface area contributed by atoms with E-state index in [2.05, 4.69) is 5.32 Å². The fourth-order valence-electron chi connectivity index (χ4n) is 1.47. The topological polar surface area (TPSA) is 75.6 Å². The molecule has 1 rings (SSSR count). The number of hydrogen-bond acceptors (Lipinski definition) is 3. The molecule has 1 aromatic carbocycles. The molecule has 1 aromatic rings. The van der Waals surface area contributed by atoms with Crippen molar-refractivity contribution in [1.29, 1.82) is 0 Å². The average molecular weight is 251 g/mol. The van der Waals surface area contributed by atoms with Crippen LogP contribution in [-0.2, 0) is 27.5 Å². The van der Waals surface area contributed by atoms with E-state index in [4.69, 9.17) is 9.84 Å². The van der Waals surface area contributed by atoms with Crippen LogP contribution in [0.2, 0.25) is 0 Å². The summed E-state index contributed by atoms with van der Waals surface area (Å²) in [5.41, 5.74) is 1.90. The zero-order valence-corrected chi connectivity index (χ0v) is 10.5. The molecule has 0 spiro atoms. The van der Waals surface area contributed by atoms with Crippen molar-refractivity contribution in [3.05, 3.63) is 35.4 Å². The van der Waals surface area contributed by atoms with E-state index in [1.165, 1.54) is 6.92 Å². The fraction of sp³-hybridized carbons (Fsp3) is 0.385. The van der Waals surface area contributed by atoms with Crippen LogP contribution in [0.4, 0.5) is 0 Å². The molecule has 1 unspecified atom stereocenters. The Morgan fingerprint density at radius 1 is 1.33 bits per heavy atom. The van der Waals surface area contributed by atoms with Crippen LogP contribution in [0.25, 0.3) is 0 Å². The molecule has 0 fully saturated rings. The van der Waals surface area contributed by atoms with Gasteiger partial charge in [-0.3, -0.25) is 9.59 Å². The Labute approximate surface area is 106 Å². The summed E-state index contributed by atoms with van der Waals surface area (Å²) in [7, 11) is 1.60. The Kier molecular flexibility index (Phi) is 5.32. The molecule has 98 valence electrons. The van der Waals surface area contributed by atoms with Gasteiger partial charge in [0.2, 0.25) is 5.91 Å². The summed E-state index contributed by atoms with van der Waals surface area (Å²) in [6.45, 7) is 2.12. The number of nitrogens with one attached hydrogen (secondary N) is 1. The lowest BCUT2D eigenvalue weighted by molar-refractivity contribution is -0.146. The van der Waals surface area contributed by atoms with E-state index in [1.54, 1.807) is 7.11 Å². The second-order valence-electron chi connectivity index (χ2n) is 3.98. The molecule has 0 saturated carbocycles. The summed E-state index contributed by atoms with van der Waals surface area (Å²) in [5.74, 6) is -2.66. The van der Waals surface area contributed by atoms with E-state index in [0.717, 1.165) is 11.1 Å². The zero-order valence-electron chi connectivity index (χ0n) is 10.5. The van der Waals surface area contributed by atoms with Gasteiger partial charge >= 0.3 is 5.97 Å². The number of rotatable bonds is 6. The van der Waals surface area contributed by atoms with Crippen LogP contribution in [0.5, 0.6) is 0 Å². The Morgan fingerprint density at radius 3 is 2.50 bits per heavy atom. The number of methoxy groups -OCH3 is 1. The minimum Gasteiger partial charge on any atom is -0.481 e. The first kappa shape index (κ1) is 14.2. The average Bonchev–Trinajstić information content (AvgIpc) is 2.36. The van der Waals surface area contributed by atoms with Crippen molar-refractivity contribution in [1.82, 2.24) is 5.32 Å². The number of carbonyl (C=O) groups is 2. The molecular weight excluding hydrogens is 234 g/mol. The maximum absolute atomic E-state index is 11.5. The molecule has 0 aromatic heterocycles. The molecule has 0 aliphatic rings. The molecule has 5 nitrogen and oxygen atoms in total. The van der Waals surface area contributed by atoms with Crippen LogP contribution in [0.3, 0.4) is 0 Å². The van der Waals surface area contributed by atoms with Crippen LogP contribution in [-0.4, -0.2) is 24.1 Å². The molecule has 1 atom stereocenters. The van der Waals surface area contributed by atoms with Crippen molar-refractivity contribution in [2.24, 2.45) is 5.92 Å². The number of carboxylic acids is 1. The van der Waals surface area contributed by atoms with Crippen LogP contribution in [0.15, 0.2) is 24.3 Å². The van der Waals surface area contributed by atoms with E-state index >= 15 is 0 Å². The van der Waals surface area contributed by atoms with Gasteiger partial charge in [-0.05, 0) is 18.1 Å². The SMILES string of the molecule is COCc1ccccc1CNC(=O)C(C)C(=O)O. The number of ether oxygens (including phenoxy) is 1. The molecule has 1 amide bonds. The predicted octanol–water partition coefficient (Wildman–Crippen LogP) is 1.17. The summed E-state index contributed by atoms with van der Waals surface area (Å²) in [6, 6.07) is 7.53.